The number of allylic oxidation sites excluding steroid dienone is 1. The van der Waals surface area contributed by atoms with Gasteiger partial charge in [0.1, 0.15) is 17.6 Å². The quantitative estimate of drug-likeness (QED) is 0.574. The summed E-state index contributed by atoms with van der Waals surface area (Å²) >= 11 is 0. The first kappa shape index (κ1) is 21.3. The van der Waals surface area contributed by atoms with E-state index in [9.17, 15) is 22.7 Å². The number of nitrogens with one attached hydrogen (secondary N) is 1. The van der Waals surface area contributed by atoms with Gasteiger partial charge >= 0.3 is 6.18 Å². The molecule has 0 radical (unpaired) electrons. The van der Waals surface area contributed by atoms with Crippen LogP contribution in [0.25, 0.3) is 5.70 Å². The highest BCUT2D eigenvalue weighted by Gasteiger charge is 2.39. The van der Waals surface area contributed by atoms with Crippen LogP contribution in [0.3, 0.4) is 0 Å². The zero-order chi connectivity index (χ0) is 23.2. The van der Waals surface area contributed by atoms with Crippen molar-refractivity contribution in [2.24, 2.45) is 0 Å². The predicted octanol–water partition coefficient (Wildman–Crippen LogP) is 4.03. The van der Waals surface area contributed by atoms with Crippen LogP contribution in [0.5, 0.6) is 5.75 Å². The highest BCUT2D eigenvalue weighted by molar-refractivity contribution is 5.78. The van der Waals surface area contributed by atoms with Gasteiger partial charge in [-0.05, 0) is 35.9 Å². The minimum absolute atomic E-state index is 0.0420. The van der Waals surface area contributed by atoms with E-state index in [1.54, 1.807) is 30.3 Å². The van der Waals surface area contributed by atoms with Crippen molar-refractivity contribution in [2.75, 3.05) is 36.5 Å². The molecule has 3 heterocycles. The first-order valence-electron chi connectivity index (χ1n) is 10.2. The lowest BCUT2D eigenvalue weighted by Gasteiger charge is -2.29. The number of hydrogen-bond donors (Lipinski definition) is 2. The maximum Gasteiger partial charge on any atom is 0.453 e. The standard InChI is InChI=1S/C22H19F4N5O2/c23-16-11-13(4-5-18(16)30-6-8-33-9-7-30)17-12-19(14-2-1-3-15(32)10-14)31-21(27-17)28-20(29-31)22(24,25)26/h1-5,10-12,19,32H,6-9H2,(H,27,28,29)/t19-/m1/s1. The van der Waals surface area contributed by atoms with E-state index in [0.29, 0.717) is 48.8 Å². The number of anilines is 2. The summed E-state index contributed by atoms with van der Waals surface area (Å²) in [5.41, 5.74) is 1.76. The van der Waals surface area contributed by atoms with E-state index in [2.05, 4.69) is 15.4 Å². The number of alkyl halides is 3. The van der Waals surface area contributed by atoms with Gasteiger partial charge in [0.05, 0.1) is 18.9 Å². The van der Waals surface area contributed by atoms with E-state index >= 15 is 0 Å². The Morgan fingerprint density at radius 1 is 1.09 bits per heavy atom. The van der Waals surface area contributed by atoms with E-state index in [-0.39, 0.29) is 11.7 Å². The lowest BCUT2D eigenvalue weighted by atomic mass is 10.0. The lowest BCUT2D eigenvalue weighted by molar-refractivity contribution is -0.145. The van der Waals surface area contributed by atoms with Gasteiger partial charge in [-0.25, -0.2) is 9.07 Å². The third-order valence-electron chi connectivity index (χ3n) is 5.54. The predicted molar refractivity (Wildman–Crippen MR) is 112 cm³/mol. The number of nitrogens with zero attached hydrogens (tertiary/aromatic N) is 4. The number of fused-ring (bicyclic) bond motifs is 1. The van der Waals surface area contributed by atoms with Gasteiger partial charge in [-0.15, -0.1) is 5.10 Å². The van der Waals surface area contributed by atoms with Gasteiger partial charge in [-0.3, -0.25) is 0 Å². The molecular weight excluding hydrogens is 442 g/mol. The Labute approximate surface area is 185 Å². The maximum atomic E-state index is 15.0. The third kappa shape index (κ3) is 4.11. The first-order chi connectivity index (χ1) is 15.8. The summed E-state index contributed by atoms with van der Waals surface area (Å²) in [6.07, 6.45) is -3.11. The average molecular weight is 461 g/mol. The molecular formula is C22H19F4N5O2. The van der Waals surface area contributed by atoms with Gasteiger partial charge in [-0.1, -0.05) is 18.2 Å². The normalized spacial score (nSPS) is 18.5. The molecule has 0 bridgehead atoms. The van der Waals surface area contributed by atoms with Crippen molar-refractivity contribution in [2.45, 2.75) is 12.2 Å². The number of aromatic hydroxyl groups is 1. The molecule has 172 valence electrons. The number of benzene rings is 2. The molecule has 0 amide bonds. The number of rotatable bonds is 3. The van der Waals surface area contributed by atoms with Crippen LogP contribution in [0.1, 0.15) is 23.0 Å². The van der Waals surface area contributed by atoms with Crippen LogP contribution in [-0.4, -0.2) is 46.2 Å². The largest absolute Gasteiger partial charge is 0.508 e. The minimum Gasteiger partial charge on any atom is -0.508 e. The molecule has 1 atom stereocenters. The monoisotopic (exact) mass is 461 g/mol. The number of phenolic OH excluding ortho intramolecular Hbond substituents is 1. The maximum absolute atomic E-state index is 15.0. The van der Waals surface area contributed by atoms with Gasteiger partial charge in [-0.2, -0.15) is 18.2 Å². The highest BCUT2D eigenvalue weighted by Crippen LogP contribution is 2.37. The van der Waals surface area contributed by atoms with E-state index in [0.717, 1.165) is 4.68 Å². The second-order valence-electron chi connectivity index (χ2n) is 7.71. The highest BCUT2D eigenvalue weighted by atomic mass is 19.4. The smallest absolute Gasteiger partial charge is 0.453 e. The minimum atomic E-state index is -4.73. The van der Waals surface area contributed by atoms with Crippen molar-refractivity contribution in [3.63, 3.8) is 0 Å². The molecule has 1 saturated heterocycles. The fraction of sp³-hybridized carbons (Fsp3) is 0.273. The van der Waals surface area contributed by atoms with Crippen molar-refractivity contribution < 1.29 is 27.4 Å². The van der Waals surface area contributed by atoms with Crippen molar-refractivity contribution in [1.82, 2.24) is 14.8 Å². The third-order valence-corrected chi connectivity index (χ3v) is 5.54. The molecule has 0 aliphatic carbocycles. The molecule has 5 rings (SSSR count). The number of hydrogen-bond acceptors (Lipinski definition) is 6. The van der Waals surface area contributed by atoms with Gasteiger partial charge < -0.3 is 20.1 Å². The number of aromatic nitrogens is 3. The lowest BCUT2D eigenvalue weighted by Crippen LogP contribution is -2.36. The van der Waals surface area contributed by atoms with E-state index in [1.165, 1.54) is 18.2 Å². The molecule has 2 aliphatic rings. The molecule has 0 saturated carbocycles. The SMILES string of the molecule is Oc1cccc([C@H]2C=C(c3ccc(N4CCOCC4)c(F)c3)Nc3nc(C(F)(F)F)nn32)c1. The van der Waals surface area contributed by atoms with Crippen molar-refractivity contribution in [1.29, 1.82) is 0 Å². The molecule has 0 unspecified atom stereocenters. The Kier molecular flexibility index (Phi) is 5.20. The van der Waals surface area contributed by atoms with Crippen LogP contribution >= 0.6 is 0 Å². The molecule has 1 fully saturated rings. The van der Waals surface area contributed by atoms with Crippen LogP contribution in [0.4, 0.5) is 29.2 Å². The van der Waals surface area contributed by atoms with Crippen LogP contribution in [0.2, 0.25) is 0 Å². The Morgan fingerprint density at radius 2 is 1.88 bits per heavy atom. The first-order valence-corrected chi connectivity index (χ1v) is 10.2. The molecule has 2 N–H and O–H groups in total. The van der Waals surface area contributed by atoms with Gasteiger partial charge in [0.15, 0.2) is 0 Å². The number of ether oxygens (including phenoxy) is 1. The summed E-state index contributed by atoms with van der Waals surface area (Å²) in [5.74, 6) is -1.92. The molecule has 2 aromatic carbocycles. The van der Waals surface area contributed by atoms with Crippen LogP contribution in [0, 0.1) is 5.82 Å². The van der Waals surface area contributed by atoms with Crippen LogP contribution in [-0.2, 0) is 10.9 Å². The van der Waals surface area contributed by atoms with Gasteiger partial charge in [0.25, 0.3) is 5.82 Å². The molecule has 0 spiro atoms. The Balaban J connectivity index is 1.55. The molecule has 3 aromatic rings. The molecule has 1 aromatic heterocycles. The van der Waals surface area contributed by atoms with E-state index in [4.69, 9.17) is 4.74 Å². The summed E-state index contributed by atoms with van der Waals surface area (Å²) in [7, 11) is 0. The van der Waals surface area contributed by atoms with Gasteiger partial charge in [0, 0.05) is 24.4 Å². The van der Waals surface area contributed by atoms with Gasteiger partial charge in [0.2, 0.25) is 5.95 Å². The summed E-state index contributed by atoms with van der Waals surface area (Å²) in [6.45, 7) is 2.16. The summed E-state index contributed by atoms with van der Waals surface area (Å²) in [5, 5.41) is 16.3. The molecule has 11 heteroatoms. The van der Waals surface area contributed by atoms with Crippen LogP contribution < -0.4 is 10.2 Å². The zero-order valence-corrected chi connectivity index (χ0v) is 17.2. The van der Waals surface area contributed by atoms with E-state index < -0.39 is 23.9 Å². The molecule has 7 nitrogen and oxygen atoms in total. The molecule has 2 aliphatic heterocycles. The molecule has 33 heavy (non-hydrogen) atoms. The summed E-state index contributed by atoms with van der Waals surface area (Å²) in [6, 6.07) is 10.0. The number of phenols is 1. The summed E-state index contributed by atoms with van der Waals surface area (Å²) < 4.78 is 61.2. The Morgan fingerprint density at radius 3 is 2.58 bits per heavy atom. The van der Waals surface area contributed by atoms with Crippen molar-refractivity contribution in [3.8, 4) is 5.75 Å². The second-order valence-corrected chi connectivity index (χ2v) is 7.71. The second kappa shape index (κ2) is 8.07. The fourth-order valence-corrected chi connectivity index (χ4v) is 3.96. The average Bonchev–Trinajstić information content (AvgIpc) is 3.24. The zero-order valence-electron chi connectivity index (χ0n) is 17.2. The summed E-state index contributed by atoms with van der Waals surface area (Å²) in [4.78, 5) is 5.49. The topological polar surface area (TPSA) is 75.4 Å². The fourth-order valence-electron chi connectivity index (χ4n) is 3.96. The Bertz CT molecular complexity index is 1220. The van der Waals surface area contributed by atoms with E-state index in [1.807, 2.05) is 4.90 Å². The number of morpholine rings is 1. The van der Waals surface area contributed by atoms with Crippen LogP contribution in [0.15, 0.2) is 48.5 Å². The Hall–Kier alpha value is -3.60. The number of halogens is 4. The van der Waals surface area contributed by atoms with Crippen molar-refractivity contribution in [3.05, 3.63) is 71.3 Å². The van der Waals surface area contributed by atoms with Crippen molar-refractivity contribution >= 4 is 17.3 Å².